The van der Waals surface area contributed by atoms with E-state index in [1.165, 1.54) is 12.1 Å². The van der Waals surface area contributed by atoms with Crippen molar-refractivity contribution in [2.75, 3.05) is 12.4 Å². The molecule has 2 aromatic carbocycles. The normalized spacial score (nSPS) is 11.4. The van der Waals surface area contributed by atoms with E-state index < -0.39 is 11.6 Å². The van der Waals surface area contributed by atoms with Crippen molar-refractivity contribution in [2.24, 2.45) is 4.99 Å². The Bertz CT molecular complexity index is 1330. The van der Waals surface area contributed by atoms with E-state index in [1.807, 2.05) is 32.0 Å². The van der Waals surface area contributed by atoms with E-state index in [4.69, 9.17) is 4.74 Å². The molecular weight excluding hydrogens is 474 g/mol. The van der Waals surface area contributed by atoms with Crippen LogP contribution in [0.4, 0.5) is 14.6 Å². The van der Waals surface area contributed by atoms with Crippen molar-refractivity contribution in [3.8, 4) is 11.5 Å². The third-order valence-electron chi connectivity index (χ3n) is 5.47. The van der Waals surface area contributed by atoms with Gasteiger partial charge in [-0.3, -0.25) is 9.79 Å². The van der Waals surface area contributed by atoms with Crippen LogP contribution in [0.15, 0.2) is 77.9 Å². The largest absolute Gasteiger partial charge is 0.457 e. The number of carbonyl (C=O) groups excluding carboxylic acids is 1. The standard InChI is InChI=1S/C29H30F2N4O2.2H2/c1-5-7-22(10-12-32-4)29(36)35-28-17-25(11-13-33-28)37-27-9-6-8-26(19(27)2)20(3)34-18-21-14-23(30)16-24(31)15-21;;/h6,8-17,34H,3,5,7,18H2,1-2,4H3,(H,33,35,36);2*1H/b22-10+,32-12?;;. The van der Waals surface area contributed by atoms with Gasteiger partial charge in [0, 0.05) is 63.4 Å². The molecule has 0 fully saturated rings. The Balaban J connectivity index is 0.00000380. The summed E-state index contributed by atoms with van der Waals surface area (Å²) in [4.78, 5) is 20.8. The molecule has 0 saturated heterocycles. The van der Waals surface area contributed by atoms with Crippen molar-refractivity contribution in [2.45, 2.75) is 33.2 Å². The minimum atomic E-state index is -0.630. The van der Waals surface area contributed by atoms with Gasteiger partial charge in [0.2, 0.25) is 0 Å². The number of aromatic nitrogens is 1. The predicted molar refractivity (Wildman–Crippen MR) is 148 cm³/mol. The van der Waals surface area contributed by atoms with Gasteiger partial charge in [0.15, 0.2) is 0 Å². The number of halogens is 2. The zero-order valence-corrected chi connectivity index (χ0v) is 21.1. The third kappa shape index (κ3) is 7.83. The number of ether oxygens (including phenoxy) is 1. The first kappa shape index (κ1) is 27.3. The van der Waals surface area contributed by atoms with Crippen LogP contribution in [0, 0.1) is 18.6 Å². The number of carbonyl (C=O) groups is 1. The molecule has 1 heterocycles. The van der Waals surface area contributed by atoms with Crippen LogP contribution >= 0.6 is 0 Å². The average Bonchev–Trinajstić information content (AvgIpc) is 2.86. The molecule has 0 unspecified atom stereocenters. The highest BCUT2D eigenvalue weighted by Crippen LogP contribution is 2.30. The van der Waals surface area contributed by atoms with Crippen LogP contribution < -0.4 is 15.4 Å². The Labute approximate surface area is 218 Å². The fourth-order valence-electron chi connectivity index (χ4n) is 3.64. The van der Waals surface area contributed by atoms with Gasteiger partial charge in [0.1, 0.15) is 29.0 Å². The molecule has 0 saturated carbocycles. The van der Waals surface area contributed by atoms with Gasteiger partial charge in [-0.2, -0.15) is 0 Å². The quantitative estimate of drug-likeness (QED) is 0.214. The van der Waals surface area contributed by atoms with Crippen LogP contribution in [0.5, 0.6) is 11.5 Å². The van der Waals surface area contributed by atoms with Crippen LogP contribution in [-0.4, -0.2) is 24.2 Å². The fraction of sp³-hybridized carbons (Fsp3) is 0.207. The smallest absolute Gasteiger partial charge is 0.252 e. The molecule has 3 aromatic rings. The molecule has 0 aliphatic rings. The molecule has 37 heavy (non-hydrogen) atoms. The molecular formula is C29H34F2N4O2. The van der Waals surface area contributed by atoms with Crippen molar-refractivity contribution in [3.05, 3.63) is 101 Å². The molecule has 0 spiro atoms. The number of benzene rings is 2. The van der Waals surface area contributed by atoms with Crippen LogP contribution in [0.25, 0.3) is 5.70 Å². The van der Waals surface area contributed by atoms with Gasteiger partial charge in [-0.25, -0.2) is 13.8 Å². The Hall–Kier alpha value is -4.33. The molecule has 1 aromatic heterocycles. The maximum absolute atomic E-state index is 13.5. The van der Waals surface area contributed by atoms with E-state index in [0.29, 0.717) is 40.6 Å². The lowest BCUT2D eigenvalue weighted by Crippen LogP contribution is -2.15. The number of aliphatic imine (C=N–C) groups is 1. The van der Waals surface area contributed by atoms with Crippen LogP contribution in [-0.2, 0) is 11.3 Å². The summed E-state index contributed by atoms with van der Waals surface area (Å²) in [5.74, 6) is -0.0594. The predicted octanol–water partition coefficient (Wildman–Crippen LogP) is 7.08. The van der Waals surface area contributed by atoms with Crippen LogP contribution in [0.3, 0.4) is 0 Å². The molecule has 0 radical (unpaired) electrons. The SMILES string of the molecule is C=C(NCc1cc(F)cc(F)c1)c1cccc(Oc2ccnc(NC(=O)/C(=C/C=NC)CCC)c2)c1C.[HH].[HH]. The molecule has 0 bridgehead atoms. The van der Waals surface area contributed by atoms with Gasteiger partial charge in [-0.1, -0.05) is 32.1 Å². The molecule has 0 aliphatic carbocycles. The highest BCUT2D eigenvalue weighted by atomic mass is 19.1. The summed E-state index contributed by atoms with van der Waals surface area (Å²) in [6.07, 6.45) is 6.28. The van der Waals surface area contributed by atoms with Crippen molar-refractivity contribution < 1.29 is 21.2 Å². The molecule has 3 rings (SSSR count). The Kier molecular flexibility index (Phi) is 9.66. The molecule has 0 aliphatic heterocycles. The third-order valence-corrected chi connectivity index (χ3v) is 5.47. The van der Waals surface area contributed by atoms with Gasteiger partial charge in [0.25, 0.3) is 5.91 Å². The highest BCUT2D eigenvalue weighted by molar-refractivity contribution is 6.05. The van der Waals surface area contributed by atoms with Crippen LogP contribution in [0.1, 0.15) is 39.3 Å². The lowest BCUT2D eigenvalue weighted by Gasteiger charge is -2.16. The zero-order valence-electron chi connectivity index (χ0n) is 21.1. The number of pyridine rings is 1. The summed E-state index contributed by atoms with van der Waals surface area (Å²) in [7, 11) is 1.65. The van der Waals surface area contributed by atoms with Crippen LogP contribution in [0.2, 0.25) is 0 Å². The topological polar surface area (TPSA) is 75.6 Å². The number of rotatable bonds is 11. The van der Waals surface area contributed by atoms with E-state index in [2.05, 4.69) is 27.2 Å². The average molecular weight is 509 g/mol. The summed E-state index contributed by atoms with van der Waals surface area (Å²) in [5, 5.41) is 5.92. The molecule has 2 N–H and O–H groups in total. The molecule has 1 amide bonds. The number of anilines is 1. The first-order valence-corrected chi connectivity index (χ1v) is 11.8. The lowest BCUT2D eigenvalue weighted by molar-refractivity contribution is -0.113. The monoisotopic (exact) mass is 508 g/mol. The first-order chi connectivity index (χ1) is 17.8. The molecule has 6 nitrogen and oxygen atoms in total. The van der Waals surface area contributed by atoms with Gasteiger partial charge in [-0.05, 0) is 49.2 Å². The molecule has 8 heteroatoms. The summed E-state index contributed by atoms with van der Waals surface area (Å²) >= 11 is 0. The van der Waals surface area contributed by atoms with E-state index in [0.717, 1.165) is 23.6 Å². The number of hydrogen-bond acceptors (Lipinski definition) is 5. The van der Waals surface area contributed by atoms with Crippen molar-refractivity contribution in [1.29, 1.82) is 0 Å². The summed E-state index contributed by atoms with van der Waals surface area (Å²) in [6, 6.07) is 12.2. The molecule has 0 atom stereocenters. The van der Waals surface area contributed by atoms with Crippen molar-refractivity contribution in [1.82, 2.24) is 10.3 Å². The second-order valence-electron chi connectivity index (χ2n) is 8.32. The second kappa shape index (κ2) is 13.1. The zero-order chi connectivity index (χ0) is 26.8. The summed E-state index contributed by atoms with van der Waals surface area (Å²) in [5.41, 5.74) is 3.27. The minimum absolute atomic E-state index is 0. The van der Waals surface area contributed by atoms with E-state index in [1.54, 1.807) is 37.7 Å². The first-order valence-electron chi connectivity index (χ1n) is 11.8. The lowest BCUT2D eigenvalue weighted by atomic mass is 10.0. The Morgan fingerprint density at radius 1 is 1.19 bits per heavy atom. The van der Waals surface area contributed by atoms with Gasteiger partial charge < -0.3 is 15.4 Å². The maximum Gasteiger partial charge on any atom is 0.252 e. The highest BCUT2D eigenvalue weighted by Gasteiger charge is 2.12. The van der Waals surface area contributed by atoms with Crippen molar-refractivity contribution in [3.63, 3.8) is 0 Å². The summed E-state index contributed by atoms with van der Waals surface area (Å²) < 4.78 is 33.1. The number of nitrogens with zero attached hydrogens (tertiary/aromatic N) is 2. The van der Waals surface area contributed by atoms with Gasteiger partial charge in [0.05, 0.1) is 0 Å². The number of allylic oxidation sites excluding steroid dienone is 1. The number of hydrogen-bond donors (Lipinski definition) is 2. The maximum atomic E-state index is 13.5. The van der Waals surface area contributed by atoms with E-state index in [9.17, 15) is 13.6 Å². The van der Waals surface area contributed by atoms with E-state index >= 15 is 0 Å². The Morgan fingerprint density at radius 3 is 2.65 bits per heavy atom. The number of amides is 1. The van der Waals surface area contributed by atoms with E-state index in [-0.39, 0.29) is 15.3 Å². The fourth-order valence-corrected chi connectivity index (χ4v) is 3.64. The number of nitrogens with one attached hydrogen (secondary N) is 2. The Morgan fingerprint density at radius 2 is 1.95 bits per heavy atom. The van der Waals surface area contributed by atoms with Crippen molar-refractivity contribution >= 4 is 23.6 Å². The summed E-state index contributed by atoms with van der Waals surface area (Å²) in [6.45, 7) is 8.17. The minimum Gasteiger partial charge on any atom is -0.457 e. The second-order valence-corrected chi connectivity index (χ2v) is 8.32. The van der Waals surface area contributed by atoms with Gasteiger partial charge >= 0.3 is 0 Å². The molecule has 196 valence electrons. The van der Waals surface area contributed by atoms with Gasteiger partial charge in [-0.15, -0.1) is 0 Å².